The van der Waals surface area contributed by atoms with Gasteiger partial charge in [-0.15, -0.1) is 13.2 Å². The third kappa shape index (κ3) is 5.20. The lowest BCUT2D eigenvalue weighted by Crippen LogP contribution is -2.46. The van der Waals surface area contributed by atoms with Gasteiger partial charge in [0.05, 0.1) is 16.6 Å². The molecule has 0 aliphatic rings. The van der Waals surface area contributed by atoms with Gasteiger partial charge >= 0.3 is 6.09 Å². The zero-order chi connectivity index (χ0) is 14.1. The van der Waals surface area contributed by atoms with Gasteiger partial charge in [0.2, 0.25) is 5.91 Å². The van der Waals surface area contributed by atoms with Gasteiger partial charge < -0.3 is 4.74 Å². The zero-order valence-corrected chi connectivity index (χ0v) is 13.1. The van der Waals surface area contributed by atoms with Crippen molar-refractivity contribution < 1.29 is 14.3 Å². The normalized spacial score (nSPS) is 13.3. The topological polar surface area (TPSA) is 46.6 Å². The van der Waals surface area contributed by atoms with E-state index in [2.05, 4.69) is 13.2 Å². The highest BCUT2D eigenvalue weighted by Crippen LogP contribution is 2.15. The summed E-state index contributed by atoms with van der Waals surface area (Å²) in [4.78, 5) is 25.1. The van der Waals surface area contributed by atoms with E-state index in [-0.39, 0.29) is 22.5 Å². The molecule has 2 unspecified atom stereocenters. The van der Waals surface area contributed by atoms with Crippen molar-refractivity contribution in [3.63, 3.8) is 0 Å². The minimum Gasteiger partial charge on any atom is -0.449 e. The number of alkyl halides is 1. The first-order valence-corrected chi connectivity index (χ1v) is 7.11. The fourth-order valence-electron chi connectivity index (χ4n) is 1.41. The van der Waals surface area contributed by atoms with Crippen molar-refractivity contribution in [1.29, 1.82) is 0 Å². The van der Waals surface area contributed by atoms with Crippen LogP contribution in [0.1, 0.15) is 26.7 Å². The van der Waals surface area contributed by atoms with Gasteiger partial charge in [-0.3, -0.25) is 4.79 Å². The van der Waals surface area contributed by atoms with E-state index in [1.165, 1.54) is 0 Å². The van der Waals surface area contributed by atoms with E-state index in [0.29, 0.717) is 12.8 Å². The molecule has 0 saturated carbocycles. The molecule has 0 aromatic heterocycles. The summed E-state index contributed by atoms with van der Waals surface area (Å²) in [5.74, 6) is -0.261. The van der Waals surface area contributed by atoms with Crippen molar-refractivity contribution in [1.82, 2.24) is 4.90 Å². The molecule has 0 aliphatic heterocycles. The highest BCUT2D eigenvalue weighted by Gasteiger charge is 2.30. The maximum Gasteiger partial charge on any atom is 0.417 e. The van der Waals surface area contributed by atoms with Crippen LogP contribution in [0.5, 0.6) is 0 Å². The van der Waals surface area contributed by atoms with Crippen molar-refractivity contribution in [3.05, 3.63) is 25.3 Å². The number of rotatable bonds is 7. The van der Waals surface area contributed by atoms with Crippen molar-refractivity contribution in [2.24, 2.45) is 0 Å². The summed E-state index contributed by atoms with van der Waals surface area (Å²) in [6.07, 6.45) is 4.05. The molecular weight excluding hydrogens is 345 g/mol. The Kier molecular flexibility index (Phi) is 8.70. The minimum absolute atomic E-state index is 0.240. The first kappa shape index (κ1) is 17.2. The van der Waals surface area contributed by atoms with Crippen LogP contribution in [0.2, 0.25) is 0 Å². The molecule has 0 radical (unpaired) electrons. The molecule has 2 atom stereocenters. The molecule has 2 amide bonds. The molecule has 4 nitrogen and oxygen atoms in total. The fourth-order valence-corrected chi connectivity index (χ4v) is 1.71. The number of halogens is 1. The van der Waals surface area contributed by atoms with Crippen molar-refractivity contribution in [2.45, 2.75) is 36.7 Å². The Morgan fingerprint density at radius 3 is 2.44 bits per heavy atom. The molecule has 18 heavy (non-hydrogen) atoms. The Hall–Kier alpha value is -0.850. The molecule has 0 rings (SSSR count). The molecule has 0 N–H and O–H groups in total. The number of amides is 2. The van der Waals surface area contributed by atoms with Crippen LogP contribution in [-0.4, -0.2) is 33.5 Å². The molecule has 0 aromatic carbocycles. The van der Waals surface area contributed by atoms with Gasteiger partial charge in [-0.05, 0) is 26.7 Å². The molecule has 0 fully saturated rings. The smallest absolute Gasteiger partial charge is 0.417 e. The van der Waals surface area contributed by atoms with Gasteiger partial charge in [-0.1, -0.05) is 34.7 Å². The summed E-state index contributed by atoms with van der Waals surface area (Å²) < 4.78 is 4.63. The molecule has 102 valence electrons. The quantitative estimate of drug-likeness (QED) is 0.395. The van der Waals surface area contributed by atoms with Crippen LogP contribution in [0, 0.1) is 0 Å². The number of imide groups is 1. The predicted octanol–water partition coefficient (Wildman–Crippen LogP) is 3.32. The minimum atomic E-state index is -0.611. The third-order valence-corrected chi connectivity index (χ3v) is 2.85. The zero-order valence-electron chi connectivity index (χ0n) is 10.9. The molecule has 5 heteroatoms. The molecular formula is C13H20INO3. The monoisotopic (exact) mass is 365 g/mol. The van der Waals surface area contributed by atoms with Crippen LogP contribution < -0.4 is 0 Å². The van der Waals surface area contributed by atoms with E-state index in [9.17, 15) is 9.59 Å². The van der Waals surface area contributed by atoms with Crippen molar-refractivity contribution in [3.8, 4) is 0 Å². The van der Waals surface area contributed by atoms with E-state index in [1.54, 1.807) is 26.0 Å². The van der Waals surface area contributed by atoms with Crippen LogP contribution in [0.4, 0.5) is 4.79 Å². The van der Waals surface area contributed by atoms with Gasteiger partial charge in [0.25, 0.3) is 0 Å². The van der Waals surface area contributed by atoms with Crippen LogP contribution >= 0.6 is 22.6 Å². The summed E-state index contributed by atoms with van der Waals surface area (Å²) in [7, 11) is 0. The molecule has 0 saturated heterocycles. The number of nitrogens with zero attached hydrogens (tertiary/aromatic N) is 1. The maximum absolute atomic E-state index is 12.1. The number of allylic oxidation sites excluding steroid dienone is 1. The lowest BCUT2D eigenvalue weighted by molar-refractivity contribution is -0.129. The van der Waals surface area contributed by atoms with E-state index in [4.69, 9.17) is 4.74 Å². The number of hydrogen-bond acceptors (Lipinski definition) is 3. The lowest BCUT2D eigenvalue weighted by Gasteiger charge is -2.27. The summed E-state index contributed by atoms with van der Waals surface area (Å²) >= 11 is 1.98. The second-order valence-electron chi connectivity index (χ2n) is 3.69. The molecule has 0 bridgehead atoms. The average molecular weight is 365 g/mol. The summed E-state index contributed by atoms with van der Waals surface area (Å²) in [5.41, 5.74) is 0. The third-order valence-electron chi connectivity index (χ3n) is 2.31. The van der Waals surface area contributed by atoms with Crippen molar-refractivity contribution >= 4 is 34.6 Å². The Morgan fingerprint density at radius 1 is 1.44 bits per heavy atom. The Balaban J connectivity index is 5.03. The lowest BCUT2D eigenvalue weighted by atomic mass is 10.1. The molecule has 0 aromatic rings. The number of carbonyl (C=O) groups is 2. The Labute approximate surface area is 122 Å². The summed E-state index contributed by atoms with van der Waals surface area (Å²) in [6, 6.07) is -0.355. The van der Waals surface area contributed by atoms with E-state index in [1.807, 2.05) is 22.6 Å². The van der Waals surface area contributed by atoms with Crippen LogP contribution in [0.3, 0.4) is 0 Å². The highest BCUT2D eigenvalue weighted by atomic mass is 127. The number of carbonyl (C=O) groups excluding carboxylic acids is 2. The second kappa shape index (κ2) is 9.13. The van der Waals surface area contributed by atoms with E-state index >= 15 is 0 Å². The number of ether oxygens (including phenoxy) is 1. The van der Waals surface area contributed by atoms with Gasteiger partial charge in [0.15, 0.2) is 0 Å². The van der Waals surface area contributed by atoms with Gasteiger partial charge in [-0.2, -0.15) is 0 Å². The molecule has 0 heterocycles. The first-order valence-electron chi connectivity index (χ1n) is 5.86. The first-order chi connectivity index (χ1) is 8.49. The van der Waals surface area contributed by atoms with Gasteiger partial charge in [-0.25, -0.2) is 9.69 Å². The standard InChI is InChI=1S/C13H20INO3/c1-5-8-9-11(6-2)15(12(16)10(4)14)13(17)18-7-3/h5-6,10-11H,1-2,7-9H2,3-4H3. The van der Waals surface area contributed by atoms with Gasteiger partial charge in [0.1, 0.15) is 0 Å². The number of hydrogen-bond donors (Lipinski definition) is 0. The van der Waals surface area contributed by atoms with E-state index < -0.39 is 6.09 Å². The van der Waals surface area contributed by atoms with Gasteiger partial charge in [0, 0.05) is 0 Å². The SMILES string of the molecule is C=CCCC(C=C)N(C(=O)OCC)C(=O)C(C)I. The largest absolute Gasteiger partial charge is 0.449 e. The van der Waals surface area contributed by atoms with E-state index in [0.717, 1.165) is 4.90 Å². The predicted molar refractivity (Wildman–Crippen MR) is 80.8 cm³/mol. The van der Waals surface area contributed by atoms with Crippen LogP contribution in [0.25, 0.3) is 0 Å². The van der Waals surface area contributed by atoms with Crippen LogP contribution in [-0.2, 0) is 9.53 Å². The average Bonchev–Trinajstić information content (AvgIpc) is 2.33. The Bertz CT molecular complexity index is 315. The van der Waals surface area contributed by atoms with Crippen molar-refractivity contribution in [2.75, 3.05) is 6.61 Å². The maximum atomic E-state index is 12.1. The highest BCUT2D eigenvalue weighted by molar-refractivity contribution is 14.1. The summed E-state index contributed by atoms with van der Waals surface area (Å²) in [6.45, 7) is 11.0. The second-order valence-corrected chi connectivity index (χ2v) is 5.56. The summed E-state index contributed by atoms with van der Waals surface area (Å²) in [5, 5.41) is 0. The fraction of sp³-hybridized carbons (Fsp3) is 0.538. The van der Waals surface area contributed by atoms with Crippen LogP contribution in [0.15, 0.2) is 25.3 Å². The molecule has 0 spiro atoms. The Morgan fingerprint density at radius 2 is 2.06 bits per heavy atom. The molecule has 0 aliphatic carbocycles.